The minimum Gasteiger partial charge on any atom is -0.456 e. The van der Waals surface area contributed by atoms with Crippen molar-refractivity contribution in [3.8, 4) is 0 Å². The molecule has 0 spiro atoms. The van der Waals surface area contributed by atoms with Crippen LogP contribution in [-0.4, -0.2) is 48.6 Å². The number of ether oxygens (including phenoxy) is 1. The molecule has 0 aromatic heterocycles. The number of rotatable bonds is 7. The molecule has 0 saturated heterocycles. The summed E-state index contributed by atoms with van der Waals surface area (Å²) in [5.74, 6) is -0.691. The number of benzene rings is 1. The van der Waals surface area contributed by atoms with Crippen LogP contribution < -0.4 is 5.32 Å². The Morgan fingerprint density at radius 2 is 2.00 bits per heavy atom. The molecule has 128 valence electrons. The van der Waals surface area contributed by atoms with E-state index in [4.69, 9.17) is 4.74 Å². The molecule has 0 atom stereocenters. The predicted molar refractivity (Wildman–Crippen MR) is 89.9 cm³/mol. The van der Waals surface area contributed by atoms with Crippen LogP contribution in [0.5, 0.6) is 0 Å². The molecule has 1 N–H and O–H groups in total. The monoisotopic (exact) mass is 323 g/mol. The first-order chi connectivity index (χ1) is 10.6. The summed E-state index contributed by atoms with van der Waals surface area (Å²) >= 11 is 0. The first-order valence-corrected chi connectivity index (χ1v) is 7.50. The first kappa shape index (κ1) is 18.9. The summed E-state index contributed by atoms with van der Waals surface area (Å²) in [4.78, 5) is 24.8. The molecule has 0 aliphatic rings. The van der Waals surface area contributed by atoms with Crippen molar-refractivity contribution in [3.05, 3.63) is 33.9 Å². The van der Waals surface area contributed by atoms with Crippen molar-refractivity contribution in [2.45, 2.75) is 32.8 Å². The van der Waals surface area contributed by atoms with Gasteiger partial charge in [0.1, 0.15) is 11.2 Å². The van der Waals surface area contributed by atoms with Gasteiger partial charge in [0, 0.05) is 18.3 Å². The minimum absolute atomic E-state index is 0.0382. The fraction of sp³-hybridized carbons (Fsp3) is 0.562. The van der Waals surface area contributed by atoms with Crippen molar-refractivity contribution in [2.24, 2.45) is 0 Å². The molecule has 0 amide bonds. The van der Waals surface area contributed by atoms with Crippen LogP contribution in [0.2, 0.25) is 0 Å². The Balaban J connectivity index is 2.86. The predicted octanol–water partition coefficient (Wildman–Crippen LogP) is 2.91. The fourth-order valence-electron chi connectivity index (χ4n) is 1.93. The summed E-state index contributed by atoms with van der Waals surface area (Å²) < 4.78 is 5.21. The van der Waals surface area contributed by atoms with Gasteiger partial charge in [-0.25, -0.2) is 4.79 Å². The zero-order valence-corrected chi connectivity index (χ0v) is 14.4. The second-order valence-electron chi connectivity index (χ2n) is 6.57. The number of hydrogen-bond donors (Lipinski definition) is 1. The molecule has 23 heavy (non-hydrogen) atoms. The van der Waals surface area contributed by atoms with Crippen molar-refractivity contribution >= 4 is 17.3 Å². The normalized spacial score (nSPS) is 11.4. The number of nitro groups is 1. The number of nitrogens with zero attached hydrogens (tertiary/aromatic N) is 2. The van der Waals surface area contributed by atoms with E-state index in [9.17, 15) is 14.9 Å². The zero-order valence-electron chi connectivity index (χ0n) is 14.4. The summed E-state index contributed by atoms with van der Waals surface area (Å²) in [5.41, 5.74) is -0.378. The topological polar surface area (TPSA) is 84.7 Å². The van der Waals surface area contributed by atoms with Crippen molar-refractivity contribution in [1.29, 1.82) is 0 Å². The second-order valence-corrected chi connectivity index (χ2v) is 6.57. The lowest BCUT2D eigenvalue weighted by Crippen LogP contribution is -2.24. The Morgan fingerprint density at radius 3 is 2.52 bits per heavy atom. The molecule has 0 unspecified atom stereocenters. The lowest BCUT2D eigenvalue weighted by Gasteiger charge is -2.19. The van der Waals surface area contributed by atoms with Crippen LogP contribution in [0.1, 0.15) is 37.6 Å². The average Bonchev–Trinajstić information content (AvgIpc) is 2.41. The molecular weight excluding hydrogens is 298 g/mol. The van der Waals surface area contributed by atoms with E-state index < -0.39 is 16.5 Å². The average molecular weight is 323 g/mol. The SMILES string of the molecule is CN(C)CCCNc1ccc(C(=O)OC(C)(C)C)c([N+](=O)[O-])c1. The Labute approximate surface area is 136 Å². The van der Waals surface area contributed by atoms with Crippen molar-refractivity contribution in [3.63, 3.8) is 0 Å². The van der Waals surface area contributed by atoms with Gasteiger partial charge in [-0.2, -0.15) is 0 Å². The molecule has 7 nitrogen and oxygen atoms in total. The van der Waals surface area contributed by atoms with Crippen LogP contribution in [0.25, 0.3) is 0 Å². The first-order valence-electron chi connectivity index (χ1n) is 7.50. The third-order valence-electron chi connectivity index (χ3n) is 2.92. The number of esters is 1. The standard InChI is InChI=1S/C16H25N3O4/c1-16(2,3)23-15(20)13-8-7-12(11-14(13)19(21)22)17-9-6-10-18(4)5/h7-8,11,17H,6,9-10H2,1-5H3. The third-order valence-corrected chi connectivity index (χ3v) is 2.92. The van der Waals surface area contributed by atoms with Gasteiger partial charge in [-0.15, -0.1) is 0 Å². The van der Waals surface area contributed by atoms with Crippen molar-refractivity contribution in [1.82, 2.24) is 4.90 Å². The van der Waals surface area contributed by atoms with Gasteiger partial charge in [-0.3, -0.25) is 10.1 Å². The van der Waals surface area contributed by atoms with E-state index in [-0.39, 0.29) is 11.3 Å². The second kappa shape index (κ2) is 7.92. The molecule has 1 aromatic rings. The Hall–Kier alpha value is -2.15. The van der Waals surface area contributed by atoms with Gasteiger partial charge < -0.3 is 15.0 Å². The number of carbonyl (C=O) groups excluding carboxylic acids is 1. The summed E-state index contributed by atoms with van der Waals surface area (Å²) in [5, 5.41) is 14.4. The maximum atomic E-state index is 12.1. The third kappa shape index (κ3) is 6.65. The number of nitrogens with one attached hydrogen (secondary N) is 1. The Morgan fingerprint density at radius 1 is 1.35 bits per heavy atom. The van der Waals surface area contributed by atoms with E-state index in [1.54, 1.807) is 26.8 Å². The number of hydrogen-bond acceptors (Lipinski definition) is 6. The molecule has 0 bridgehead atoms. The quantitative estimate of drug-likeness (QED) is 0.359. The lowest BCUT2D eigenvalue weighted by molar-refractivity contribution is -0.385. The van der Waals surface area contributed by atoms with E-state index >= 15 is 0 Å². The van der Waals surface area contributed by atoms with Crippen LogP contribution >= 0.6 is 0 Å². The van der Waals surface area contributed by atoms with Gasteiger partial charge in [0.05, 0.1) is 4.92 Å². The van der Waals surface area contributed by atoms with Crippen LogP contribution in [0.4, 0.5) is 11.4 Å². The van der Waals surface area contributed by atoms with E-state index in [1.807, 2.05) is 14.1 Å². The van der Waals surface area contributed by atoms with Gasteiger partial charge in [0.25, 0.3) is 5.69 Å². The molecule has 7 heteroatoms. The van der Waals surface area contributed by atoms with Gasteiger partial charge in [0.15, 0.2) is 0 Å². The molecule has 0 fully saturated rings. The van der Waals surface area contributed by atoms with Gasteiger partial charge in [-0.1, -0.05) is 0 Å². The minimum atomic E-state index is -0.700. The number of nitro benzene ring substituents is 1. The molecule has 0 radical (unpaired) electrons. The molecule has 0 aliphatic heterocycles. The Bertz CT molecular complexity index is 565. The van der Waals surface area contributed by atoms with Crippen LogP contribution in [0, 0.1) is 10.1 Å². The van der Waals surface area contributed by atoms with Crippen molar-refractivity contribution in [2.75, 3.05) is 32.5 Å². The summed E-state index contributed by atoms with van der Waals surface area (Å²) in [6.07, 6.45) is 0.911. The van der Waals surface area contributed by atoms with Gasteiger partial charge in [0.2, 0.25) is 0 Å². The van der Waals surface area contributed by atoms with Crippen LogP contribution in [-0.2, 0) is 4.74 Å². The van der Waals surface area contributed by atoms with E-state index in [1.165, 1.54) is 12.1 Å². The number of anilines is 1. The highest BCUT2D eigenvalue weighted by molar-refractivity contribution is 5.94. The molecule has 0 aliphatic carbocycles. The van der Waals surface area contributed by atoms with E-state index in [0.717, 1.165) is 13.0 Å². The van der Waals surface area contributed by atoms with E-state index in [2.05, 4.69) is 10.2 Å². The zero-order chi connectivity index (χ0) is 17.6. The molecule has 1 rings (SSSR count). The molecule has 0 heterocycles. The van der Waals surface area contributed by atoms with Gasteiger partial charge in [-0.05, 0) is 60.0 Å². The summed E-state index contributed by atoms with van der Waals surface area (Å²) in [6.45, 7) is 6.78. The molecule has 1 aromatic carbocycles. The van der Waals surface area contributed by atoms with Crippen molar-refractivity contribution < 1.29 is 14.5 Å². The smallest absolute Gasteiger partial charge is 0.345 e. The van der Waals surface area contributed by atoms with E-state index in [0.29, 0.717) is 12.2 Å². The fourth-order valence-corrected chi connectivity index (χ4v) is 1.93. The maximum absolute atomic E-state index is 12.1. The highest BCUT2D eigenvalue weighted by Gasteiger charge is 2.25. The molecule has 0 saturated carbocycles. The lowest BCUT2D eigenvalue weighted by atomic mass is 10.1. The van der Waals surface area contributed by atoms with Gasteiger partial charge >= 0.3 is 5.97 Å². The largest absolute Gasteiger partial charge is 0.456 e. The summed E-state index contributed by atoms with van der Waals surface area (Å²) in [6, 6.07) is 4.46. The Kier molecular flexibility index (Phi) is 6.50. The molecular formula is C16H25N3O4. The highest BCUT2D eigenvalue weighted by atomic mass is 16.6. The van der Waals surface area contributed by atoms with Crippen LogP contribution in [0.3, 0.4) is 0 Å². The number of carbonyl (C=O) groups is 1. The summed E-state index contributed by atoms with van der Waals surface area (Å²) in [7, 11) is 3.97. The maximum Gasteiger partial charge on any atom is 0.345 e. The highest BCUT2D eigenvalue weighted by Crippen LogP contribution is 2.25. The van der Waals surface area contributed by atoms with Crippen LogP contribution in [0.15, 0.2) is 18.2 Å².